The Morgan fingerprint density at radius 1 is 1.08 bits per heavy atom. The van der Waals surface area contributed by atoms with Gasteiger partial charge in [0, 0.05) is 13.2 Å². The molecule has 7 heteroatoms. The third kappa shape index (κ3) is 5.94. The van der Waals surface area contributed by atoms with Crippen LogP contribution in [0.4, 0.5) is 0 Å². The van der Waals surface area contributed by atoms with Gasteiger partial charge in [0.25, 0.3) is 0 Å². The molecule has 0 heterocycles. The van der Waals surface area contributed by atoms with Gasteiger partial charge >= 0.3 is 0 Å². The largest absolute Gasteiger partial charge is 0.396 e. The molecule has 2 aromatic rings. The minimum absolute atomic E-state index is 0.0429. The van der Waals surface area contributed by atoms with Crippen LogP contribution in [0.2, 0.25) is 0 Å². The fourth-order valence-electron chi connectivity index (χ4n) is 2.42. The standard InChI is InChI=1S/C19H24N2O4S/c1-15-8-10-17(11-9-15)26(24,25)21-18(19(23)20-12-5-13-22)14-16-6-3-2-4-7-16/h2-4,6-11,18,21-22H,5,12-14H2,1H3,(H,20,23)/t18-/m0/s1. The van der Waals surface area contributed by atoms with E-state index in [2.05, 4.69) is 10.0 Å². The van der Waals surface area contributed by atoms with Gasteiger partial charge in [0.1, 0.15) is 6.04 Å². The summed E-state index contributed by atoms with van der Waals surface area (Å²) < 4.78 is 27.8. The van der Waals surface area contributed by atoms with Gasteiger partial charge in [-0.05, 0) is 37.5 Å². The Morgan fingerprint density at radius 2 is 1.73 bits per heavy atom. The molecule has 0 unspecified atom stereocenters. The highest BCUT2D eigenvalue weighted by molar-refractivity contribution is 7.89. The van der Waals surface area contributed by atoms with Crippen molar-refractivity contribution in [1.82, 2.24) is 10.0 Å². The van der Waals surface area contributed by atoms with Gasteiger partial charge in [-0.15, -0.1) is 0 Å². The number of sulfonamides is 1. The molecular formula is C19H24N2O4S. The Hall–Kier alpha value is -2.22. The van der Waals surface area contributed by atoms with Gasteiger partial charge in [-0.25, -0.2) is 8.42 Å². The summed E-state index contributed by atoms with van der Waals surface area (Å²) in [6.45, 7) is 2.11. The van der Waals surface area contributed by atoms with Gasteiger partial charge in [-0.2, -0.15) is 4.72 Å². The summed E-state index contributed by atoms with van der Waals surface area (Å²) in [5, 5.41) is 11.5. The lowest BCUT2D eigenvalue weighted by Gasteiger charge is -2.19. The van der Waals surface area contributed by atoms with Crippen LogP contribution in [0.25, 0.3) is 0 Å². The van der Waals surface area contributed by atoms with Crippen molar-refractivity contribution in [3.63, 3.8) is 0 Å². The zero-order valence-corrected chi connectivity index (χ0v) is 15.5. The average Bonchev–Trinajstić information content (AvgIpc) is 2.62. The number of aryl methyl sites for hydroxylation is 1. The van der Waals surface area contributed by atoms with Crippen LogP contribution in [0.5, 0.6) is 0 Å². The Labute approximate surface area is 154 Å². The first-order chi connectivity index (χ1) is 12.4. The van der Waals surface area contributed by atoms with Gasteiger partial charge in [0.05, 0.1) is 4.90 Å². The quantitative estimate of drug-likeness (QED) is 0.576. The third-order valence-electron chi connectivity index (χ3n) is 3.86. The summed E-state index contributed by atoms with van der Waals surface area (Å²) in [6, 6.07) is 14.7. The molecule has 0 radical (unpaired) electrons. The minimum Gasteiger partial charge on any atom is -0.396 e. The van der Waals surface area contributed by atoms with Gasteiger partial charge in [-0.3, -0.25) is 4.79 Å². The Morgan fingerprint density at radius 3 is 2.35 bits per heavy atom. The predicted octanol–water partition coefficient (Wildman–Crippen LogP) is 1.38. The maximum Gasteiger partial charge on any atom is 0.241 e. The second-order valence-electron chi connectivity index (χ2n) is 6.04. The second kappa shape index (κ2) is 9.47. The van der Waals surface area contributed by atoms with Crippen molar-refractivity contribution in [1.29, 1.82) is 0 Å². The van der Waals surface area contributed by atoms with Crippen molar-refractivity contribution >= 4 is 15.9 Å². The maximum atomic E-state index is 12.6. The van der Waals surface area contributed by atoms with Crippen LogP contribution < -0.4 is 10.0 Å². The van der Waals surface area contributed by atoms with E-state index in [0.29, 0.717) is 6.42 Å². The SMILES string of the molecule is Cc1ccc(S(=O)(=O)N[C@@H](Cc2ccccc2)C(=O)NCCCO)cc1. The number of aliphatic hydroxyl groups is 1. The summed E-state index contributed by atoms with van der Waals surface area (Å²) in [5.74, 6) is -0.419. The van der Waals surface area contributed by atoms with Crippen molar-refractivity contribution in [2.75, 3.05) is 13.2 Å². The van der Waals surface area contributed by atoms with Crippen molar-refractivity contribution in [2.24, 2.45) is 0 Å². The zero-order chi connectivity index (χ0) is 19.0. The number of carbonyl (C=O) groups is 1. The first kappa shape index (κ1) is 20.1. The maximum absolute atomic E-state index is 12.6. The lowest BCUT2D eigenvalue weighted by atomic mass is 10.1. The number of carbonyl (C=O) groups excluding carboxylic acids is 1. The summed E-state index contributed by atoms with van der Waals surface area (Å²) >= 11 is 0. The average molecular weight is 376 g/mol. The Kier molecular flexibility index (Phi) is 7.32. The normalized spacial score (nSPS) is 12.5. The summed E-state index contributed by atoms with van der Waals surface area (Å²) in [5.41, 5.74) is 1.80. The second-order valence-corrected chi connectivity index (χ2v) is 7.76. The first-order valence-corrected chi connectivity index (χ1v) is 9.92. The highest BCUT2D eigenvalue weighted by Gasteiger charge is 2.25. The molecule has 2 rings (SSSR count). The van der Waals surface area contributed by atoms with Crippen molar-refractivity contribution in [2.45, 2.75) is 30.7 Å². The lowest BCUT2D eigenvalue weighted by Crippen LogP contribution is -2.48. The van der Waals surface area contributed by atoms with Crippen LogP contribution in [0.15, 0.2) is 59.5 Å². The van der Waals surface area contributed by atoms with Gasteiger partial charge in [0.15, 0.2) is 0 Å². The predicted molar refractivity (Wildman–Crippen MR) is 100 cm³/mol. The highest BCUT2D eigenvalue weighted by atomic mass is 32.2. The Bertz CT molecular complexity index is 805. The fourth-order valence-corrected chi connectivity index (χ4v) is 3.62. The number of amides is 1. The molecule has 0 bridgehead atoms. The van der Waals surface area contributed by atoms with Crippen LogP contribution >= 0.6 is 0 Å². The van der Waals surface area contributed by atoms with Crippen LogP contribution in [0, 0.1) is 6.92 Å². The number of nitrogens with one attached hydrogen (secondary N) is 2. The van der Waals surface area contributed by atoms with Crippen molar-refractivity contribution < 1.29 is 18.3 Å². The monoisotopic (exact) mass is 376 g/mol. The van der Waals surface area contributed by atoms with E-state index in [9.17, 15) is 13.2 Å². The third-order valence-corrected chi connectivity index (χ3v) is 5.35. The van der Waals surface area contributed by atoms with Gasteiger partial charge in [-0.1, -0.05) is 48.0 Å². The summed E-state index contributed by atoms with van der Waals surface area (Å²) in [7, 11) is -3.83. The molecule has 0 fully saturated rings. The van der Waals surface area contributed by atoms with Crippen LogP contribution in [-0.4, -0.2) is 38.6 Å². The molecule has 26 heavy (non-hydrogen) atoms. The lowest BCUT2D eigenvalue weighted by molar-refractivity contribution is -0.122. The number of rotatable bonds is 9. The Balaban J connectivity index is 2.19. The number of benzene rings is 2. The fraction of sp³-hybridized carbons (Fsp3) is 0.316. The van der Waals surface area contributed by atoms with Gasteiger partial charge < -0.3 is 10.4 Å². The molecule has 140 valence electrons. The molecule has 0 saturated carbocycles. The van der Waals surface area contributed by atoms with Crippen LogP contribution in [-0.2, 0) is 21.2 Å². The van der Waals surface area contributed by atoms with E-state index in [-0.39, 0.29) is 24.5 Å². The summed E-state index contributed by atoms with van der Waals surface area (Å²) in [4.78, 5) is 12.6. The molecule has 6 nitrogen and oxygen atoms in total. The first-order valence-electron chi connectivity index (χ1n) is 8.44. The highest BCUT2D eigenvalue weighted by Crippen LogP contribution is 2.12. The molecule has 3 N–H and O–H groups in total. The summed E-state index contributed by atoms with van der Waals surface area (Å²) in [6.07, 6.45) is 0.644. The van der Waals surface area contributed by atoms with E-state index in [1.54, 1.807) is 12.1 Å². The molecule has 0 aliphatic carbocycles. The molecule has 1 amide bonds. The van der Waals surface area contributed by atoms with E-state index in [1.165, 1.54) is 12.1 Å². The molecule has 0 aliphatic heterocycles. The molecule has 2 aromatic carbocycles. The smallest absolute Gasteiger partial charge is 0.241 e. The minimum atomic E-state index is -3.83. The molecule has 0 aromatic heterocycles. The number of hydrogen-bond acceptors (Lipinski definition) is 4. The number of hydrogen-bond donors (Lipinski definition) is 3. The van der Waals surface area contributed by atoms with Crippen LogP contribution in [0.3, 0.4) is 0 Å². The van der Waals surface area contributed by atoms with E-state index in [0.717, 1.165) is 11.1 Å². The van der Waals surface area contributed by atoms with E-state index >= 15 is 0 Å². The van der Waals surface area contributed by atoms with Gasteiger partial charge in [0.2, 0.25) is 15.9 Å². The van der Waals surface area contributed by atoms with E-state index in [1.807, 2.05) is 37.3 Å². The number of aliphatic hydroxyl groups excluding tert-OH is 1. The zero-order valence-electron chi connectivity index (χ0n) is 14.7. The molecule has 1 atom stereocenters. The molecule has 0 saturated heterocycles. The molecular weight excluding hydrogens is 352 g/mol. The van der Waals surface area contributed by atoms with E-state index in [4.69, 9.17) is 5.11 Å². The topological polar surface area (TPSA) is 95.5 Å². The molecule has 0 aliphatic rings. The molecule has 0 spiro atoms. The van der Waals surface area contributed by atoms with E-state index < -0.39 is 22.0 Å². The van der Waals surface area contributed by atoms with Crippen molar-refractivity contribution in [3.05, 3.63) is 65.7 Å². The van der Waals surface area contributed by atoms with Crippen LogP contribution in [0.1, 0.15) is 17.5 Å². The van der Waals surface area contributed by atoms with Crippen molar-refractivity contribution in [3.8, 4) is 0 Å².